The van der Waals surface area contributed by atoms with E-state index in [1.165, 1.54) is 0 Å². The molecule has 0 bridgehead atoms. The first-order chi connectivity index (χ1) is 9.74. The van der Waals surface area contributed by atoms with Gasteiger partial charge in [0, 0.05) is 18.3 Å². The molecule has 1 aromatic carbocycles. The van der Waals surface area contributed by atoms with Crippen molar-refractivity contribution in [2.75, 3.05) is 11.9 Å². The van der Waals surface area contributed by atoms with E-state index in [9.17, 15) is 4.79 Å². The number of rotatable bonds is 3. The Morgan fingerprint density at radius 1 is 1.40 bits per heavy atom. The van der Waals surface area contributed by atoms with Gasteiger partial charge in [-0.3, -0.25) is 4.79 Å². The van der Waals surface area contributed by atoms with E-state index in [2.05, 4.69) is 20.8 Å². The summed E-state index contributed by atoms with van der Waals surface area (Å²) in [4.78, 5) is 12.0. The minimum Gasteiger partial charge on any atom is -0.325 e. The molecule has 0 spiro atoms. The van der Waals surface area contributed by atoms with Gasteiger partial charge in [-0.15, -0.1) is 10.2 Å². The first-order valence-corrected chi connectivity index (χ1v) is 6.73. The van der Waals surface area contributed by atoms with E-state index in [4.69, 9.17) is 0 Å². The van der Waals surface area contributed by atoms with Gasteiger partial charge in [-0.05, 0) is 43.7 Å². The number of carbonyl (C=O) groups excluding carboxylic acids is 1. The summed E-state index contributed by atoms with van der Waals surface area (Å²) in [5.74, 6) is 0.842. The molecule has 0 radical (unpaired) electrons. The number of anilines is 1. The van der Waals surface area contributed by atoms with Gasteiger partial charge in [0.05, 0.1) is 6.04 Å². The summed E-state index contributed by atoms with van der Waals surface area (Å²) >= 11 is 0. The van der Waals surface area contributed by atoms with Gasteiger partial charge in [-0.1, -0.05) is 0 Å². The van der Waals surface area contributed by atoms with Crippen LogP contribution in [-0.2, 0) is 11.8 Å². The van der Waals surface area contributed by atoms with Crippen LogP contribution in [0.2, 0.25) is 0 Å². The predicted molar refractivity (Wildman–Crippen MR) is 76.1 cm³/mol. The standard InChI is InChI=1S/C14H17N5O/c1-19-9-16-18-13(19)10-4-6-11(7-5-10)17-14(20)12-3-2-8-15-12/h4-7,9,12,15H,2-3,8H2,1H3,(H,17,20)/t12-/m0/s1. The van der Waals surface area contributed by atoms with Gasteiger partial charge in [-0.2, -0.15) is 0 Å². The van der Waals surface area contributed by atoms with Crippen LogP contribution < -0.4 is 10.6 Å². The Bertz CT molecular complexity index is 598. The van der Waals surface area contributed by atoms with Crippen LogP contribution in [0.15, 0.2) is 30.6 Å². The molecule has 2 heterocycles. The van der Waals surface area contributed by atoms with Gasteiger partial charge in [0.25, 0.3) is 0 Å². The Balaban J connectivity index is 1.70. The molecule has 1 aliphatic rings. The monoisotopic (exact) mass is 271 g/mol. The van der Waals surface area contributed by atoms with Crippen molar-refractivity contribution in [1.29, 1.82) is 0 Å². The number of carbonyl (C=O) groups is 1. The fraction of sp³-hybridized carbons (Fsp3) is 0.357. The molecule has 0 aliphatic carbocycles. The third-order valence-electron chi connectivity index (χ3n) is 3.50. The summed E-state index contributed by atoms with van der Waals surface area (Å²) in [7, 11) is 1.90. The molecule has 0 unspecified atom stereocenters. The molecule has 1 aromatic heterocycles. The van der Waals surface area contributed by atoms with Gasteiger partial charge in [0.15, 0.2) is 5.82 Å². The highest BCUT2D eigenvalue weighted by atomic mass is 16.2. The molecule has 1 atom stereocenters. The van der Waals surface area contributed by atoms with Crippen molar-refractivity contribution in [1.82, 2.24) is 20.1 Å². The van der Waals surface area contributed by atoms with Crippen molar-refractivity contribution in [3.8, 4) is 11.4 Å². The Labute approximate surface area is 117 Å². The average molecular weight is 271 g/mol. The van der Waals surface area contributed by atoms with Crippen LogP contribution in [0.25, 0.3) is 11.4 Å². The van der Waals surface area contributed by atoms with Gasteiger partial charge in [-0.25, -0.2) is 0 Å². The zero-order valence-corrected chi connectivity index (χ0v) is 11.3. The Hall–Kier alpha value is -2.21. The molecule has 1 amide bonds. The molecule has 6 heteroatoms. The first-order valence-electron chi connectivity index (χ1n) is 6.73. The molecule has 20 heavy (non-hydrogen) atoms. The quantitative estimate of drug-likeness (QED) is 0.879. The average Bonchev–Trinajstić information content (AvgIpc) is 3.11. The van der Waals surface area contributed by atoms with E-state index in [-0.39, 0.29) is 11.9 Å². The van der Waals surface area contributed by atoms with Crippen molar-refractivity contribution >= 4 is 11.6 Å². The summed E-state index contributed by atoms with van der Waals surface area (Å²) < 4.78 is 1.86. The second-order valence-corrected chi connectivity index (χ2v) is 4.98. The number of aryl methyl sites for hydroxylation is 1. The van der Waals surface area contributed by atoms with Gasteiger partial charge in [0.2, 0.25) is 5.91 Å². The van der Waals surface area contributed by atoms with E-state index in [0.717, 1.165) is 36.5 Å². The minimum absolute atomic E-state index is 0.0360. The Morgan fingerprint density at radius 3 is 2.80 bits per heavy atom. The van der Waals surface area contributed by atoms with Crippen LogP contribution in [-0.4, -0.2) is 33.3 Å². The lowest BCUT2D eigenvalue weighted by Gasteiger charge is -2.11. The number of hydrogen-bond acceptors (Lipinski definition) is 4. The highest BCUT2D eigenvalue weighted by Crippen LogP contribution is 2.19. The normalized spacial score (nSPS) is 18.1. The highest BCUT2D eigenvalue weighted by Gasteiger charge is 2.21. The van der Waals surface area contributed by atoms with Crippen molar-refractivity contribution in [3.05, 3.63) is 30.6 Å². The summed E-state index contributed by atoms with van der Waals surface area (Å²) in [5, 5.41) is 14.0. The molecule has 1 saturated heterocycles. The van der Waals surface area contributed by atoms with Crippen molar-refractivity contribution in [2.24, 2.45) is 7.05 Å². The molecule has 3 rings (SSSR count). The molecular formula is C14H17N5O. The fourth-order valence-corrected chi connectivity index (χ4v) is 2.38. The van der Waals surface area contributed by atoms with E-state index in [1.807, 2.05) is 35.9 Å². The van der Waals surface area contributed by atoms with Crippen LogP contribution in [0.5, 0.6) is 0 Å². The molecule has 2 N–H and O–H groups in total. The van der Waals surface area contributed by atoms with Gasteiger partial charge < -0.3 is 15.2 Å². The zero-order valence-electron chi connectivity index (χ0n) is 11.3. The molecule has 0 saturated carbocycles. The third kappa shape index (κ3) is 2.55. The van der Waals surface area contributed by atoms with Gasteiger partial charge in [0.1, 0.15) is 6.33 Å². The van der Waals surface area contributed by atoms with Crippen LogP contribution in [0.3, 0.4) is 0 Å². The van der Waals surface area contributed by atoms with Crippen LogP contribution in [0, 0.1) is 0 Å². The van der Waals surface area contributed by atoms with E-state index in [0.29, 0.717) is 0 Å². The second kappa shape index (κ2) is 5.42. The maximum absolute atomic E-state index is 12.0. The highest BCUT2D eigenvalue weighted by molar-refractivity contribution is 5.95. The maximum Gasteiger partial charge on any atom is 0.241 e. The van der Waals surface area contributed by atoms with Crippen molar-refractivity contribution in [2.45, 2.75) is 18.9 Å². The molecule has 6 nitrogen and oxygen atoms in total. The number of aromatic nitrogens is 3. The van der Waals surface area contributed by atoms with Crippen molar-refractivity contribution in [3.63, 3.8) is 0 Å². The molecule has 1 aliphatic heterocycles. The number of hydrogen-bond donors (Lipinski definition) is 2. The van der Waals surface area contributed by atoms with E-state index in [1.54, 1.807) is 6.33 Å². The molecular weight excluding hydrogens is 254 g/mol. The summed E-state index contributed by atoms with van der Waals surface area (Å²) in [6, 6.07) is 7.57. The third-order valence-corrected chi connectivity index (χ3v) is 3.50. The van der Waals surface area contributed by atoms with Crippen LogP contribution >= 0.6 is 0 Å². The topological polar surface area (TPSA) is 71.8 Å². The molecule has 104 valence electrons. The minimum atomic E-state index is -0.0617. The lowest BCUT2D eigenvalue weighted by Crippen LogP contribution is -2.35. The summed E-state index contributed by atoms with van der Waals surface area (Å²) in [6.45, 7) is 0.920. The number of benzene rings is 1. The van der Waals surface area contributed by atoms with E-state index < -0.39 is 0 Å². The number of amides is 1. The maximum atomic E-state index is 12.0. The Morgan fingerprint density at radius 2 is 2.20 bits per heavy atom. The summed E-state index contributed by atoms with van der Waals surface area (Å²) in [6.07, 6.45) is 3.63. The van der Waals surface area contributed by atoms with Crippen LogP contribution in [0.4, 0.5) is 5.69 Å². The molecule has 1 fully saturated rings. The largest absolute Gasteiger partial charge is 0.325 e. The molecule has 2 aromatic rings. The zero-order chi connectivity index (χ0) is 13.9. The number of nitrogens with one attached hydrogen (secondary N) is 2. The lowest BCUT2D eigenvalue weighted by molar-refractivity contribution is -0.117. The Kier molecular flexibility index (Phi) is 3.47. The van der Waals surface area contributed by atoms with Gasteiger partial charge >= 0.3 is 0 Å². The SMILES string of the molecule is Cn1cnnc1-c1ccc(NC(=O)[C@@H]2CCCN2)cc1. The van der Waals surface area contributed by atoms with E-state index >= 15 is 0 Å². The second-order valence-electron chi connectivity index (χ2n) is 4.98. The predicted octanol–water partition coefficient (Wildman–Crippen LogP) is 1.17. The summed E-state index contributed by atoms with van der Waals surface area (Å²) in [5.41, 5.74) is 1.77. The first kappa shape index (κ1) is 12.8. The van der Waals surface area contributed by atoms with Crippen molar-refractivity contribution < 1.29 is 4.79 Å². The fourth-order valence-electron chi connectivity index (χ4n) is 2.38. The number of nitrogens with zero attached hydrogens (tertiary/aromatic N) is 3. The lowest BCUT2D eigenvalue weighted by atomic mass is 10.1. The van der Waals surface area contributed by atoms with Crippen LogP contribution in [0.1, 0.15) is 12.8 Å². The smallest absolute Gasteiger partial charge is 0.241 e.